The molecule has 0 saturated carbocycles. The summed E-state index contributed by atoms with van der Waals surface area (Å²) in [6, 6.07) is 16.7. The smallest absolute Gasteiger partial charge is 0.186 e. The molecule has 1 aromatic heterocycles. The van der Waals surface area contributed by atoms with Crippen molar-refractivity contribution in [3.8, 4) is 6.07 Å². The maximum absolute atomic E-state index is 9.15. The Bertz CT molecular complexity index is 819. The Hall–Kier alpha value is -2.67. The van der Waals surface area contributed by atoms with Crippen LogP contribution < -0.4 is 0 Å². The molecule has 0 aliphatic rings. The number of fused-ring (bicyclic) bond motifs is 1. The summed E-state index contributed by atoms with van der Waals surface area (Å²) in [7, 11) is 0. The highest BCUT2D eigenvalue weighted by molar-refractivity contribution is 5.85. The average molecular weight is 276 g/mol. The number of benzene rings is 2. The minimum atomic E-state index is 0.213. The lowest BCUT2D eigenvalue weighted by molar-refractivity contribution is 0.600. The molecule has 0 aliphatic heterocycles. The summed E-state index contributed by atoms with van der Waals surface area (Å²) in [5.41, 5.74) is 2.50. The van der Waals surface area contributed by atoms with E-state index >= 15 is 0 Å². The lowest BCUT2D eigenvalue weighted by Gasteiger charge is -2.11. The molecule has 104 valence electrons. The lowest BCUT2D eigenvalue weighted by atomic mass is 10.0. The molecule has 0 fully saturated rings. The number of hydrogen-bond donors (Lipinski definition) is 0. The zero-order valence-corrected chi connectivity index (χ0v) is 12.1. The Morgan fingerprint density at radius 3 is 2.67 bits per heavy atom. The van der Waals surface area contributed by atoms with Crippen LogP contribution in [0.15, 0.2) is 42.5 Å². The van der Waals surface area contributed by atoms with Crippen LogP contribution in [0, 0.1) is 11.3 Å². The first-order valence-electron chi connectivity index (χ1n) is 7.01. The van der Waals surface area contributed by atoms with E-state index in [1.54, 1.807) is 0 Å². The fraction of sp³-hybridized carbons (Fsp3) is 0.235. The van der Waals surface area contributed by atoms with Gasteiger partial charge < -0.3 is 0 Å². The molecule has 0 amide bonds. The van der Waals surface area contributed by atoms with Gasteiger partial charge in [-0.25, -0.2) is 4.68 Å². The molecule has 0 radical (unpaired) electrons. The molecular weight excluding hydrogens is 260 g/mol. The molecule has 0 atom stereocenters. The van der Waals surface area contributed by atoms with Gasteiger partial charge >= 0.3 is 0 Å². The predicted molar refractivity (Wildman–Crippen MR) is 81.9 cm³/mol. The zero-order chi connectivity index (χ0) is 14.8. The van der Waals surface area contributed by atoms with Gasteiger partial charge in [0.25, 0.3) is 0 Å². The molecule has 3 aromatic rings. The second-order valence-corrected chi connectivity index (χ2v) is 5.39. The average Bonchev–Trinajstić information content (AvgIpc) is 2.90. The quantitative estimate of drug-likeness (QED) is 0.736. The van der Waals surface area contributed by atoms with Gasteiger partial charge in [-0.2, -0.15) is 5.26 Å². The summed E-state index contributed by atoms with van der Waals surface area (Å²) in [5, 5.41) is 19.7. The Morgan fingerprint density at radius 2 is 1.90 bits per heavy atom. The normalized spacial score (nSPS) is 11.0. The van der Waals surface area contributed by atoms with Crippen molar-refractivity contribution in [2.75, 3.05) is 0 Å². The standard InChI is InChI=1S/C17H16N4/c1-12(2)17-16(10-18)19-20-21(17)11-14-8-5-7-13-6-3-4-9-15(13)14/h3-9,12H,11H2,1-2H3. The van der Waals surface area contributed by atoms with E-state index in [0.29, 0.717) is 12.2 Å². The first-order valence-corrected chi connectivity index (χ1v) is 7.01. The van der Waals surface area contributed by atoms with Crippen LogP contribution >= 0.6 is 0 Å². The van der Waals surface area contributed by atoms with E-state index in [1.807, 2.05) is 16.8 Å². The van der Waals surface area contributed by atoms with E-state index in [9.17, 15) is 0 Å². The molecule has 0 saturated heterocycles. The highest BCUT2D eigenvalue weighted by Gasteiger charge is 2.16. The van der Waals surface area contributed by atoms with E-state index < -0.39 is 0 Å². The van der Waals surface area contributed by atoms with Crippen LogP contribution in [0.1, 0.15) is 36.7 Å². The summed E-state index contributed by atoms with van der Waals surface area (Å²) in [4.78, 5) is 0. The van der Waals surface area contributed by atoms with Gasteiger partial charge in [0.15, 0.2) is 5.69 Å². The fourth-order valence-electron chi connectivity index (χ4n) is 2.68. The van der Waals surface area contributed by atoms with E-state index in [2.05, 4.69) is 60.6 Å². The lowest BCUT2D eigenvalue weighted by Crippen LogP contribution is -2.08. The number of rotatable bonds is 3. The van der Waals surface area contributed by atoms with Crippen LogP contribution in [-0.4, -0.2) is 15.0 Å². The monoisotopic (exact) mass is 276 g/mol. The third kappa shape index (κ3) is 2.38. The van der Waals surface area contributed by atoms with E-state index in [4.69, 9.17) is 5.26 Å². The topological polar surface area (TPSA) is 54.5 Å². The van der Waals surface area contributed by atoms with Gasteiger partial charge in [-0.05, 0) is 22.3 Å². The maximum atomic E-state index is 9.15. The van der Waals surface area contributed by atoms with Crippen LogP contribution in [0.4, 0.5) is 0 Å². The number of nitrogens with zero attached hydrogens (tertiary/aromatic N) is 4. The highest BCUT2D eigenvalue weighted by Crippen LogP contribution is 2.22. The molecule has 0 unspecified atom stereocenters. The first-order chi connectivity index (χ1) is 10.2. The summed E-state index contributed by atoms with van der Waals surface area (Å²) in [6.45, 7) is 4.74. The van der Waals surface area contributed by atoms with Crippen LogP contribution in [0.25, 0.3) is 10.8 Å². The molecule has 0 bridgehead atoms. The summed E-state index contributed by atoms with van der Waals surface area (Å²) < 4.78 is 1.84. The van der Waals surface area contributed by atoms with Crippen molar-refractivity contribution in [2.24, 2.45) is 0 Å². The Kier molecular flexibility index (Phi) is 3.41. The van der Waals surface area contributed by atoms with Crippen LogP contribution in [-0.2, 0) is 6.54 Å². The summed E-state index contributed by atoms with van der Waals surface area (Å²) in [6.07, 6.45) is 0. The van der Waals surface area contributed by atoms with Gasteiger partial charge in [-0.3, -0.25) is 0 Å². The minimum Gasteiger partial charge on any atom is -0.243 e. The summed E-state index contributed by atoms with van der Waals surface area (Å²) in [5.74, 6) is 0.213. The van der Waals surface area contributed by atoms with Gasteiger partial charge in [-0.1, -0.05) is 61.5 Å². The van der Waals surface area contributed by atoms with Crippen molar-refractivity contribution < 1.29 is 0 Å². The van der Waals surface area contributed by atoms with Crippen molar-refractivity contribution >= 4 is 10.8 Å². The van der Waals surface area contributed by atoms with Crippen LogP contribution in [0.2, 0.25) is 0 Å². The van der Waals surface area contributed by atoms with Crippen molar-refractivity contribution in [3.63, 3.8) is 0 Å². The molecule has 3 rings (SSSR count). The molecule has 4 heteroatoms. The molecular formula is C17H16N4. The van der Waals surface area contributed by atoms with E-state index in [1.165, 1.54) is 16.3 Å². The van der Waals surface area contributed by atoms with E-state index in [0.717, 1.165) is 5.69 Å². The molecule has 4 nitrogen and oxygen atoms in total. The highest BCUT2D eigenvalue weighted by atomic mass is 15.4. The molecule has 1 heterocycles. The van der Waals surface area contributed by atoms with Gasteiger partial charge in [0.1, 0.15) is 6.07 Å². The molecule has 0 N–H and O–H groups in total. The Balaban J connectivity index is 2.08. The molecule has 0 spiro atoms. The maximum Gasteiger partial charge on any atom is 0.186 e. The Labute approximate surface area is 123 Å². The van der Waals surface area contributed by atoms with Crippen molar-refractivity contribution in [1.82, 2.24) is 15.0 Å². The SMILES string of the molecule is CC(C)c1c(C#N)nnn1Cc1cccc2ccccc12. The Morgan fingerprint density at radius 1 is 1.14 bits per heavy atom. The van der Waals surface area contributed by atoms with Crippen molar-refractivity contribution in [2.45, 2.75) is 26.3 Å². The summed E-state index contributed by atoms with van der Waals surface area (Å²) >= 11 is 0. The van der Waals surface area contributed by atoms with Gasteiger partial charge in [-0.15, -0.1) is 5.10 Å². The van der Waals surface area contributed by atoms with Crippen molar-refractivity contribution in [3.05, 3.63) is 59.4 Å². The second-order valence-electron chi connectivity index (χ2n) is 5.39. The minimum absolute atomic E-state index is 0.213. The molecule has 21 heavy (non-hydrogen) atoms. The van der Waals surface area contributed by atoms with Gasteiger partial charge in [0.05, 0.1) is 12.2 Å². The van der Waals surface area contributed by atoms with Crippen LogP contribution in [0.5, 0.6) is 0 Å². The number of hydrogen-bond acceptors (Lipinski definition) is 3. The number of aromatic nitrogens is 3. The predicted octanol–water partition coefficient (Wildman–Crippen LogP) is 3.47. The second kappa shape index (κ2) is 5.37. The first kappa shape index (κ1) is 13.3. The van der Waals surface area contributed by atoms with Gasteiger partial charge in [0, 0.05) is 0 Å². The van der Waals surface area contributed by atoms with E-state index in [-0.39, 0.29) is 5.92 Å². The number of nitriles is 1. The molecule has 0 aliphatic carbocycles. The van der Waals surface area contributed by atoms with Gasteiger partial charge in [0.2, 0.25) is 0 Å². The zero-order valence-electron chi connectivity index (χ0n) is 12.1. The van der Waals surface area contributed by atoms with Crippen molar-refractivity contribution in [1.29, 1.82) is 5.26 Å². The third-order valence-electron chi connectivity index (χ3n) is 3.63. The molecule has 2 aromatic carbocycles. The van der Waals surface area contributed by atoms with Crippen LogP contribution in [0.3, 0.4) is 0 Å². The fourth-order valence-corrected chi connectivity index (χ4v) is 2.68. The third-order valence-corrected chi connectivity index (χ3v) is 3.63. The largest absolute Gasteiger partial charge is 0.243 e.